The molecule has 1 aromatic carbocycles. The zero-order valence-electron chi connectivity index (χ0n) is 15.9. The molecule has 3 fully saturated rings. The number of halogens is 1. The van der Waals surface area contributed by atoms with Gasteiger partial charge in [0, 0.05) is 45.0 Å². The van der Waals surface area contributed by atoms with Crippen LogP contribution in [0, 0.1) is 23.6 Å². The number of rotatable bonds is 3. The van der Waals surface area contributed by atoms with Crippen molar-refractivity contribution in [2.24, 2.45) is 17.8 Å². The van der Waals surface area contributed by atoms with Gasteiger partial charge < -0.3 is 14.7 Å². The van der Waals surface area contributed by atoms with Crippen molar-refractivity contribution in [1.29, 1.82) is 0 Å². The summed E-state index contributed by atoms with van der Waals surface area (Å²) in [5, 5.41) is 0. The summed E-state index contributed by atoms with van der Waals surface area (Å²) in [5.41, 5.74) is 0.988. The van der Waals surface area contributed by atoms with Gasteiger partial charge in [-0.3, -0.25) is 9.59 Å². The van der Waals surface area contributed by atoms with Crippen LogP contribution in [0.25, 0.3) is 0 Å². The lowest BCUT2D eigenvalue weighted by Gasteiger charge is -2.36. The molecule has 1 aliphatic carbocycles. The summed E-state index contributed by atoms with van der Waals surface area (Å²) in [7, 11) is 0. The maximum Gasteiger partial charge on any atom is 0.226 e. The Bertz CT molecular complexity index is 692. The Morgan fingerprint density at radius 1 is 0.852 bits per heavy atom. The van der Waals surface area contributed by atoms with E-state index in [2.05, 4.69) is 11.8 Å². The molecule has 27 heavy (non-hydrogen) atoms. The monoisotopic (exact) mass is 373 g/mol. The van der Waals surface area contributed by atoms with Crippen LogP contribution >= 0.6 is 0 Å². The Kier molecular flexibility index (Phi) is 5.06. The van der Waals surface area contributed by atoms with E-state index in [1.54, 1.807) is 12.1 Å². The first-order valence-electron chi connectivity index (χ1n) is 10.1. The molecule has 0 spiro atoms. The minimum Gasteiger partial charge on any atom is -0.368 e. The number of piperazine rings is 1. The summed E-state index contributed by atoms with van der Waals surface area (Å²) in [6.45, 7) is 6.72. The molecule has 2 amide bonds. The van der Waals surface area contributed by atoms with Crippen molar-refractivity contribution in [3.8, 4) is 0 Å². The molecular formula is C21H28FN3O2. The quantitative estimate of drug-likeness (QED) is 0.817. The molecule has 5 nitrogen and oxygen atoms in total. The third kappa shape index (κ3) is 3.94. The van der Waals surface area contributed by atoms with Crippen LogP contribution in [-0.2, 0) is 9.59 Å². The fraction of sp³-hybridized carbons (Fsp3) is 0.619. The van der Waals surface area contributed by atoms with Crippen molar-refractivity contribution in [3.63, 3.8) is 0 Å². The number of amides is 2. The fourth-order valence-corrected chi connectivity index (χ4v) is 4.28. The Hall–Kier alpha value is -2.11. The summed E-state index contributed by atoms with van der Waals surface area (Å²) in [4.78, 5) is 31.5. The van der Waals surface area contributed by atoms with E-state index in [-0.39, 0.29) is 29.5 Å². The lowest BCUT2D eigenvalue weighted by Crippen LogP contribution is -2.49. The number of nitrogens with zero attached hydrogens (tertiary/aromatic N) is 3. The van der Waals surface area contributed by atoms with E-state index < -0.39 is 0 Å². The van der Waals surface area contributed by atoms with Crippen molar-refractivity contribution in [3.05, 3.63) is 30.1 Å². The van der Waals surface area contributed by atoms with Crippen LogP contribution < -0.4 is 4.90 Å². The summed E-state index contributed by atoms with van der Waals surface area (Å²) in [6, 6.07) is 6.49. The summed E-state index contributed by atoms with van der Waals surface area (Å²) in [5.74, 6) is 0.571. The first-order valence-corrected chi connectivity index (χ1v) is 10.1. The predicted molar refractivity (Wildman–Crippen MR) is 102 cm³/mol. The molecule has 2 heterocycles. The normalized spacial score (nSPS) is 26.2. The van der Waals surface area contributed by atoms with Gasteiger partial charge >= 0.3 is 0 Å². The minimum atomic E-state index is -0.236. The molecule has 2 aliphatic heterocycles. The van der Waals surface area contributed by atoms with Crippen LogP contribution in [0.5, 0.6) is 0 Å². The number of carbonyl (C=O) groups excluding carboxylic acids is 2. The third-order valence-corrected chi connectivity index (χ3v) is 6.30. The predicted octanol–water partition coefficient (Wildman–Crippen LogP) is 2.37. The largest absolute Gasteiger partial charge is 0.368 e. The molecule has 4 rings (SSSR count). The van der Waals surface area contributed by atoms with Gasteiger partial charge in [0.05, 0.1) is 11.8 Å². The molecule has 0 aromatic heterocycles. The Balaban J connectivity index is 1.26. The van der Waals surface area contributed by atoms with E-state index in [4.69, 9.17) is 0 Å². The second kappa shape index (κ2) is 7.49. The van der Waals surface area contributed by atoms with Crippen molar-refractivity contribution >= 4 is 17.5 Å². The molecule has 146 valence electrons. The van der Waals surface area contributed by atoms with Gasteiger partial charge in [-0.25, -0.2) is 4.39 Å². The van der Waals surface area contributed by atoms with Crippen LogP contribution in [0.3, 0.4) is 0 Å². The molecule has 3 aliphatic rings. The lowest BCUT2D eigenvalue weighted by atomic mass is 9.99. The minimum absolute atomic E-state index is 0.0963. The standard InChI is InChI=1S/C21H28FN3O2/c1-15-6-8-24(9-7-15)20(26)18-14-19(18)21(27)25-12-10-23(11-13-25)17-4-2-16(22)3-5-17/h2-5,15,18-19H,6-14H2,1H3. The first-order chi connectivity index (χ1) is 13.0. The second-order valence-electron chi connectivity index (χ2n) is 8.25. The van der Waals surface area contributed by atoms with Gasteiger partial charge in [-0.05, 0) is 49.4 Å². The topological polar surface area (TPSA) is 43.9 Å². The van der Waals surface area contributed by atoms with Crippen molar-refractivity contribution in [2.75, 3.05) is 44.2 Å². The van der Waals surface area contributed by atoms with E-state index in [0.717, 1.165) is 44.7 Å². The average Bonchev–Trinajstić information content (AvgIpc) is 3.49. The molecule has 2 saturated heterocycles. The number of likely N-dealkylation sites (tertiary alicyclic amines) is 1. The zero-order valence-corrected chi connectivity index (χ0v) is 15.9. The SMILES string of the molecule is CC1CCN(C(=O)C2CC2C(=O)N2CCN(c3ccc(F)cc3)CC2)CC1. The zero-order chi connectivity index (χ0) is 19.0. The Morgan fingerprint density at radius 3 is 1.93 bits per heavy atom. The maximum absolute atomic E-state index is 13.1. The first kappa shape index (κ1) is 18.3. The third-order valence-electron chi connectivity index (χ3n) is 6.30. The van der Waals surface area contributed by atoms with Gasteiger partial charge in [0.1, 0.15) is 5.82 Å². The van der Waals surface area contributed by atoms with Crippen molar-refractivity contribution in [2.45, 2.75) is 26.2 Å². The molecular weight excluding hydrogens is 345 g/mol. The molecule has 6 heteroatoms. The smallest absolute Gasteiger partial charge is 0.226 e. The average molecular weight is 373 g/mol. The van der Waals surface area contributed by atoms with Gasteiger partial charge in [0.2, 0.25) is 11.8 Å². The molecule has 1 aromatic rings. The van der Waals surface area contributed by atoms with Crippen LogP contribution in [0.4, 0.5) is 10.1 Å². The van der Waals surface area contributed by atoms with Crippen LogP contribution in [0.1, 0.15) is 26.2 Å². The molecule has 2 atom stereocenters. The van der Waals surface area contributed by atoms with Crippen molar-refractivity contribution in [1.82, 2.24) is 9.80 Å². The van der Waals surface area contributed by atoms with Crippen LogP contribution in [0.15, 0.2) is 24.3 Å². The van der Waals surface area contributed by atoms with Gasteiger partial charge in [0.15, 0.2) is 0 Å². The molecule has 0 bridgehead atoms. The molecule has 1 saturated carbocycles. The van der Waals surface area contributed by atoms with Gasteiger partial charge in [0.25, 0.3) is 0 Å². The summed E-state index contributed by atoms with van der Waals surface area (Å²) >= 11 is 0. The van der Waals surface area contributed by atoms with Crippen LogP contribution in [0.2, 0.25) is 0 Å². The Labute approximate surface area is 160 Å². The molecule has 0 N–H and O–H groups in total. The highest BCUT2D eigenvalue weighted by molar-refractivity contribution is 5.92. The van der Waals surface area contributed by atoms with Gasteiger partial charge in [-0.15, -0.1) is 0 Å². The molecule has 0 radical (unpaired) electrons. The number of carbonyl (C=O) groups is 2. The number of hydrogen-bond acceptors (Lipinski definition) is 3. The highest BCUT2D eigenvalue weighted by atomic mass is 19.1. The summed E-state index contributed by atoms with van der Waals surface area (Å²) in [6.07, 6.45) is 2.85. The van der Waals surface area contributed by atoms with E-state index in [1.165, 1.54) is 12.1 Å². The highest BCUT2D eigenvalue weighted by Crippen LogP contribution is 2.42. The van der Waals surface area contributed by atoms with E-state index in [1.807, 2.05) is 9.80 Å². The number of piperidine rings is 1. The fourth-order valence-electron chi connectivity index (χ4n) is 4.28. The summed E-state index contributed by atoms with van der Waals surface area (Å²) < 4.78 is 13.1. The lowest BCUT2D eigenvalue weighted by molar-refractivity contribution is -0.138. The van der Waals surface area contributed by atoms with E-state index >= 15 is 0 Å². The van der Waals surface area contributed by atoms with E-state index in [0.29, 0.717) is 25.4 Å². The highest BCUT2D eigenvalue weighted by Gasteiger charge is 2.51. The van der Waals surface area contributed by atoms with Gasteiger partial charge in [-0.2, -0.15) is 0 Å². The van der Waals surface area contributed by atoms with Crippen LogP contribution in [-0.4, -0.2) is 60.9 Å². The second-order valence-corrected chi connectivity index (χ2v) is 8.25. The number of benzene rings is 1. The number of hydrogen-bond donors (Lipinski definition) is 0. The van der Waals surface area contributed by atoms with Gasteiger partial charge in [-0.1, -0.05) is 6.92 Å². The number of anilines is 1. The Morgan fingerprint density at radius 2 is 1.37 bits per heavy atom. The van der Waals surface area contributed by atoms with Crippen molar-refractivity contribution < 1.29 is 14.0 Å². The molecule has 2 unspecified atom stereocenters. The maximum atomic E-state index is 13.1. The van der Waals surface area contributed by atoms with E-state index in [9.17, 15) is 14.0 Å².